The first kappa shape index (κ1) is 16.3. The Balaban J connectivity index is 1.62. The van der Waals surface area contributed by atoms with E-state index in [-0.39, 0.29) is 40.0 Å². The molecule has 26 heavy (non-hydrogen) atoms. The number of aliphatic hydroxyl groups is 2. The number of ketones is 1. The van der Waals surface area contributed by atoms with E-state index >= 15 is 0 Å². The van der Waals surface area contributed by atoms with Crippen molar-refractivity contribution in [2.75, 3.05) is 13.1 Å². The lowest BCUT2D eigenvalue weighted by Gasteiger charge is -2.65. The van der Waals surface area contributed by atoms with Gasteiger partial charge in [0.2, 0.25) is 0 Å². The third kappa shape index (κ3) is 1.33. The fourth-order valence-electron chi connectivity index (χ4n) is 9.75. The summed E-state index contributed by atoms with van der Waals surface area (Å²) in [5.41, 5.74) is 0.598. The van der Waals surface area contributed by atoms with Gasteiger partial charge >= 0.3 is 0 Å². The minimum atomic E-state index is -0.561. The number of rotatable bonds is 1. The van der Waals surface area contributed by atoms with Gasteiger partial charge in [0, 0.05) is 35.8 Å². The smallest absolute Gasteiger partial charge is 0.140 e. The number of hydrogen-bond donors (Lipinski definition) is 2. The normalized spacial score (nSPS) is 62.7. The van der Waals surface area contributed by atoms with Crippen LogP contribution in [-0.4, -0.2) is 52.2 Å². The third-order valence-electron chi connectivity index (χ3n) is 10.4. The quantitative estimate of drug-likeness (QED) is 0.705. The minimum Gasteiger partial charge on any atom is -0.392 e. The van der Waals surface area contributed by atoms with Crippen LogP contribution < -0.4 is 0 Å². The van der Waals surface area contributed by atoms with Crippen LogP contribution in [0.15, 0.2) is 12.2 Å². The van der Waals surface area contributed by atoms with Crippen molar-refractivity contribution >= 4 is 5.78 Å². The maximum atomic E-state index is 13.0. The summed E-state index contributed by atoms with van der Waals surface area (Å²) in [6, 6.07) is 0.331. The van der Waals surface area contributed by atoms with E-state index in [1.165, 1.54) is 0 Å². The molecule has 5 saturated carbocycles. The molecule has 0 aromatic carbocycles. The number of carbonyl (C=O) groups is 1. The van der Waals surface area contributed by atoms with Crippen LogP contribution in [0.25, 0.3) is 0 Å². The number of piperidine rings is 1. The third-order valence-corrected chi connectivity index (χ3v) is 10.4. The molecule has 4 heteroatoms. The summed E-state index contributed by atoms with van der Waals surface area (Å²) in [5.74, 6) is 1.16. The molecule has 7 bridgehead atoms. The molecule has 142 valence electrons. The van der Waals surface area contributed by atoms with Crippen molar-refractivity contribution in [2.45, 2.75) is 64.2 Å². The van der Waals surface area contributed by atoms with Crippen LogP contribution in [0.3, 0.4) is 0 Å². The Morgan fingerprint density at radius 1 is 1.31 bits per heavy atom. The number of fused-ring (bicyclic) bond motifs is 1. The Bertz CT molecular complexity index is 735. The zero-order valence-electron chi connectivity index (χ0n) is 15.9. The van der Waals surface area contributed by atoms with E-state index in [9.17, 15) is 15.0 Å². The van der Waals surface area contributed by atoms with Crippen LogP contribution >= 0.6 is 0 Å². The van der Waals surface area contributed by atoms with Crippen LogP contribution in [0.4, 0.5) is 0 Å². The molecule has 10 atom stereocenters. The summed E-state index contributed by atoms with van der Waals surface area (Å²) in [7, 11) is 0. The first-order chi connectivity index (χ1) is 12.3. The number of aliphatic hydroxyl groups excluding tert-OH is 2. The molecule has 0 radical (unpaired) electrons. The molecule has 5 aliphatic carbocycles. The highest BCUT2D eigenvalue weighted by Gasteiger charge is 2.85. The topological polar surface area (TPSA) is 60.8 Å². The highest BCUT2D eigenvalue weighted by atomic mass is 16.3. The van der Waals surface area contributed by atoms with Crippen LogP contribution in [0, 0.1) is 39.9 Å². The van der Waals surface area contributed by atoms with Crippen molar-refractivity contribution in [1.82, 2.24) is 4.90 Å². The number of Topliss-reactive ketones (excluding diaryl/α,β-unsaturated/α-hetero) is 1. The average molecular weight is 357 g/mol. The van der Waals surface area contributed by atoms with Gasteiger partial charge in [0.25, 0.3) is 0 Å². The van der Waals surface area contributed by atoms with E-state index in [0.29, 0.717) is 24.3 Å². The molecular formula is C22H31NO3. The Labute approximate surface area is 155 Å². The number of likely N-dealkylation sites (tertiary alicyclic amines) is 1. The number of carbonyl (C=O) groups excluding carboxylic acids is 1. The summed E-state index contributed by atoms with van der Waals surface area (Å²) < 4.78 is 0. The zero-order chi connectivity index (χ0) is 18.2. The van der Waals surface area contributed by atoms with E-state index in [1.54, 1.807) is 0 Å². The molecule has 1 aliphatic heterocycles. The van der Waals surface area contributed by atoms with Gasteiger partial charge < -0.3 is 10.2 Å². The standard InChI is InChI=1S/C22H31NO3/c1-4-23-10-20(3)6-5-17(25)22-15(20)7-13(18(22)23)21-9-12(11(2)19(21)26)14(24)8-16(21)22/h12-13,15-19,25-26H,2,4-10H2,1,3H3/t12-,13+,15-,16-,17+,18-,19-,20+,21+,22-/m1/s1. The molecule has 6 fully saturated rings. The fourth-order valence-corrected chi connectivity index (χ4v) is 9.75. The molecule has 2 spiro atoms. The van der Waals surface area contributed by atoms with Gasteiger partial charge in [0.15, 0.2) is 0 Å². The second-order valence-electron chi connectivity index (χ2n) is 10.7. The SMILES string of the molecule is C=C1[C@H]2C[C@@]3([C@@H]1O)[C@@H](CC2=O)[C@@]12[C@@H]4C[C@H]3[C@H]1N(CC)C[C@]4(C)CC[C@@H]2O. The molecule has 0 aromatic heterocycles. The van der Waals surface area contributed by atoms with Crippen molar-refractivity contribution in [3.63, 3.8) is 0 Å². The van der Waals surface area contributed by atoms with Gasteiger partial charge in [-0.1, -0.05) is 20.4 Å². The first-order valence-corrected chi connectivity index (χ1v) is 10.6. The van der Waals surface area contributed by atoms with Crippen LogP contribution in [0.2, 0.25) is 0 Å². The molecular weight excluding hydrogens is 326 g/mol. The number of nitrogens with zero attached hydrogens (tertiary/aromatic N) is 1. The van der Waals surface area contributed by atoms with E-state index in [4.69, 9.17) is 0 Å². The predicted octanol–water partition coefficient (Wildman–Crippen LogP) is 2.00. The lowest BCUT2D eigenvalue weighted by Crippen LogP contribution is -2.68. The fraction of sp³-hybridized carbons (Fsp3) is 0.864. The lowest BCUT2D eigenvalue weighted by atomic mass is 9.43. The Morgan fingerprint density at radius 3 is 2.81 bits per heavy atom. The summed E-state index contributed by atoms with van der Waals surface area (Å²) in [6.07, 6.45) is 3.50. The minimum absolute atomic E-state index is 0.130. The molecule has 1 heterocycles. The Kier molecular flexibility index (Phi) is 2.80. The summed E-state index contributed by atoms with van der Waals surface area (Å²) in [4.78, 5) is 15.6. The summed E-state index contributed by atoms with van der Waals surface area (Å²) in [5, 5.41) is 22.8. The van der Waals surface area contributed by atoms with Gasteiger partial charge in [-0.2, -0.15) is 0 Å². The average Bonchev–Trinajstić information content (AvgIpc) is 3.14. The van der Waals surface area contributed by atoms with E-state index in [1.807, 2.05) is 0 Å². The second kappa shape index (κ2) is 4.47. The maximum Gasteiger partial charge on any atom is 0.140 e. The van der Waals surface area contributed by atoms with E-state index in [0.717, 1.165) is 44.3 Å². The molecule has 4 nitrogen and oxygen atoms in total. The Morgan fingerprint density at radius 2 is 2.08 bits per heavy atom. The predicted molar refractivity (Wildman–Crippen MR) is 97.2 cm³/mol. The molecule has 6 rings (SSSR count). The highest BCUT2D eigenvalue weighted by molar-refractivity contribution is 5.87. The van der Waals surface area contributed by atoms with Gasteiger partial charge in [-0.3, -0.25) is 9.69 Å². The van der Waals surface area contributed by atoms with Crippen molar-refractivity contribution < 1.29 is 15.0 Å². The largest absolute Gasteiger partial charge is 0.392 e. The van der Waals surface area contributed by atoms with Crippen LogP contribution in [-0.2, 0) is 4.79 Å². The van der Waals surface area contributed by atoms with Crippen molar-refractivity contribution in [3.05, 3.63) is 12.2 Å². The Hall–Kier alpha value is -0.710. The van der Waals surface area contributed by atoms with Gasteiger partial charge in [0.1, 0.15) is 5.78 Å². The van der Waals surface area contributed by atoms with Crippen molar-refractivity contribution in [3.8, 4) is 0 Å². The first-order valence-electron chi connectivity index (χ1n) is 10.6. The number of hydrogen-bond acceptors (Lipinski definition) is 4. The van der Waals surface area contributed by atoms with Crippen molar-refractivity contribution in [2.24, 2.45) is 39.9 Å². The van der Waals surface area contributed by atoms with Crippen molar-refractivity contribution in [1.29, 1.82) is 0 Å². The van der Waals surface area contributed by atoms with Gasteiger partial charge in [-0.25, -0.2) is 0 Å². The van der Waals surface area contributed by atoms with Crippen LogP contribution in [0.1, 0.15) is 46.0 Å². The van der Waals surface area contributed by atoms with E-state index in [2.05, 4.69) is 25.3 Å². The van der Waals surface area contributed by atoms with Gasteiger partial charge in [-0.05, 0) is 61.0 Å². The molecule has 0 amide bonds. The summed E-state index contributed by atoms with van der Waals surface area (Å²) in [6.45, 7) is 10.9. The van der Waals surface area contributed by atoms with Crippen LogP contribution in [0.5, 0.6) is 0 Å². The summed E-state index contributed by atoms with van der Waals surface area (Å²) >= 11 is 0. The molecule has 0 aromatic rings. The van der Waals surface area contributed by atoms with E-state index < -0.39 is 6.10 Å². The molecule has 0 unspecified atom stereocenters. The lowest BCUT2D eigenvalue weighted by molar-refractivity contribution is -0.211. The van der Waals surface area contributed by atoms with Gasteiger partial charge in [-0.15, -0.1) is 0 Å². The molecule has 6 aliphatic rings. The molecule has 1 saturated heterocycles. The highest BCUT2D eigenvalue weighted by Crippen LogP contribution is 2.83. The van der Waals surface area contributed by atoms with Gasteiger partial charge in [0.05, 0.1) is 12.2 Å². The zero-order valence-corrected chi connectivity index (χ0v) is 15.9. The second-order valence-corrected chi connectivity index (χ2v) is 10.7. The monoisotopic (exact) mass is 357 g/mol. The maximum absolute atomic E-state index is 13.0. The molecule has 2 N–H and O–H groups in total.